The van der Waals surface area contributed by atoms with E-state index in [9.17, 15) is 0 Å². The monoisotopic (exact) mass is 267 g/mol. The van der Waals surface area contributed by atoms with Crippen LogP contribution < -0.4 is 5.32 Å². The van der Waals surface area contributed by atoms with Crippen molar-refractivity contribution in [1.29, 1.82) is 0 Å². The van der Waals surface area contributed by atoms with E-state index in [-0.39, 0.29) is 0 Å². The molecule has 0 aromatic carbocycles. The Morgan fingerprint density at radius 1 is 1.16 bits per heavy atom. The van der Waals surface area contributed by atoms with Crippen molar-refractivity contribution >= 4 is 0 Å². The maximum atomic E-state index is 3.58. The van der Waals surface area contributed by atoms with Crippen molar-refractivity contribution in [2.24, 2.45) is 5.92 Å². The quantitative estimate of drug-likeness (QED) is 0.842. The van der Waals surface area contributed by atoms with Crippen molar-refractivity contribution in [3.63, 3.8) is 0 Å². The molecule has 1 aliphatic carbocycles. The van der Waals surface area contributed by atoms with Gasteiger partial charge in [-0.3, -0.25) is 4.90 Å². The fraction of sp³-hybridized carbons (Fsp3) is 1.00. The first-order chi connectivity index (χ1) is 9.15. The molecule has 1 N–H and O–H groups in total. The molecule has 1 heterocycles. The first-order valence-electron chi connectivity index (χ1n) is 8.23. The van der Waals surface area contributed by atoms with Gasteiger partial charge >= 0.3 is 0 Å². The highest BCUT2D eigenvalue weighted by atomic mass is 15.2. The van der Waals surface area contributed by atoms with Crippen molar-refractivity contribution < 1.29 is 0 Å². The van der Waals surface area contributed by atoms with Crippen molar-refractivity contribution in [3.8, 4) is 0 Å². The van der Waals surface area contributed by atoms with Gasteiger partial charge in [0.1, 0.15) is 0 Å². The molecule has 0 amide bonds. The van der Waals surface area contributed by atoms with Crippen LogP contribution in [0.5, 0.6) is 0 Å². The number of rotatable bonds is 4. The van der Waals surface area contributed by atoms with Gasteiger partial charge < -0.3 is 10.2 Å². The van der Waals surface area contributed by atoms with Crippen LogP contribution in [0.15, 0.2) is 0 Å². The summed E-state index contributed by atoms with van der Waals surface area (Å²) in [5, 5.41) is 3.58. The summed E-state index contributed by atoms with van der Waals surface area (Å²) in [6.45, 7) is 4.89. The molecule has 112 valence electrons. The Hall–Kier alpha value is -0.120. The summed E-state index contributed by atoms with van der Waals surface area (Å²) < 4.78 is 0. The summed E-state index contributed by atoms with van der Waals surface area (Å²) in [5.74, 6) is 0.948. The van der Waals surface area contributed by atoms with Gasteiger partial charge in [-0.2, -0.15) is 0 Å². The molecule has 2 fully saturated rings. The molecule has 3 heteroatoms. The van der Waals surface area contributed by atoms with Crippen LogP contribution in [0.2, 0.25) is 0 Å². The third-order valence-corrected chi connectivity index (χ3v) is 5.66. The second-order valence-electron chi connectivity index (χ2n) is 6.75. The van der Waals surface area contributed by atoms with Gasteiger partial charge in [-0.1, -0.05) is 13.3 Å². The topological polar surface area (TPSA) is 18.5 Å². The largest absolute Gasteiger partial charge is 0.315 e. The second kappa shape index (κ2) is 7.05. The van der Waals surface area contributed by atoms with E-state index >= 15 is 0 Å². The molecule has 0 radical (unpaired) electrons. The first kappa shape index (κ1) is 15.3. The van der Waals surface area contributed by atoms with E-state index in [2.05, 4.69) is 43.2 Å². The molecular weight excluding hydrogens is 234 g/mol. The summed E-state index contributed by atoms with van der Waals surface area (Å²) in [6, 6.07) is 2.25. The molecule has 3 unspecified atom stereocenters. The van der Waals surface area contributed by atoms with Gasteiger partial charge in [-0.25, -0.2) is 0 Å². The number of piperidine rings is 1. The summed E-state index contributed by atoms with van der Waals surface area (Å²) in [5.41, 5.74) is 0. The highest BCUT2D eigenvalue weighted by molar-refractivity contribution is 4.92. The number of likely N-dealkylation sites (N-methyl/N-ethyl adjacent to an activating group) is 2. The molecule has 0 spiro atoms. The standard InChI is InChI=1S/C16H33N3/c1-5-13-6-7-15(17-2)16(12-13)19(4)14-8-10-18(3)11-9-14/h13-17H,5-12H2,1-4H3. The Morgan fingerprint density at radius 2 is 1.84 bits per heavy atom. The average Bonchev–Trinajstić information content (AvgIpc) is 2.46. The van der Waals surface area contributed by atoms with E-state index in [1.54, 1.807) is 0 Å². The predicted molar refractivity (Wildman–Crippen MR) is 82.5 cm³/mol. The van der Waals surface area contributed by atoms with Crippen LogP contribution in [0, 0.1) is 5.92 Å². The van der Waals surface area contributed by atoms with Crippen LogP contribution in [-0.4, -0.2) is 62.2 Å². The fourth-order valence-electron chi connectivity index (χ4n) is 4.06. The molecular formula is C16H33N3. The SMILES string of the molecule is CCC1CCC(NC)C(N(C)C2CCN(C)CC2)C1. The number of nitrogens with zero attached hydrogens (tertiary/aromatic N) is 2. The molecule has 3 nitrogen and oxygen atoms in total. The van der Waals surface area contributed by atoms with Crippen LogP contribution >= 0.6 is 0 Å². The maximum absolute atomic E-state index is 3.58. The highest BCUT2D eigenvalue weighted by Crippen LogP contribution is 2.31. The van der Waals surface area contributed by atoms with Crippen LogP contribution in [0.4, 0.5) is 0 Å². The van der Waals surface area contributed by atoms with E-state index in [1.165, 1.54) is 51.6 Å². The Balaban J connectivity index is 1.95. The van der Waals surface area contributed by atoms with E-state index < -0.39 is 0 Å². The lowest BCUT2D eigenvalue weighted by molar-refractivity contribution is 0.0557. The molecule has 1 aliphatic heterocycles. The Morgan fingerprint density at radius 3 is 2.42 bits per heavy atom. The van der Waals surface area contributed by atoms with Gasteiger partial charge in [0.25, 0.3) is 0 Å². The molecule has 2 aliphatic rings. The lowest BCUT2D eigenvalue weighted by Gasteiger charge is -2.46. The lowest BCUT2D eigenvalue weighted by Crippen LogP contribution is -2.55. The van der Waals surface area contributed by atoms with Gasteiger partial charge in [0.2, 0.25) is 0 Å². The average molecular weight is 267 g/mol. The minimum absolute atomic E-state index is 0.701. The summed E-state index contributed by atoms with van der Waals surface area (Å²) in [6.07, 6.45) is 8.21. The number of hydrogen-bond acceptors (Lipinski definition) is 3. The van der Waals surface area contributed by atoms with Gasteiger partial charge in [0, 0.05) is 18.1 Å². The molecule has 0 aromatic rings. The summed E-state index contributed by atoms with van der Waals surface area (Å²) in [7, 11) is 6.77. The number of likely N-dealkylation sites (tertiary alicyclic amines) is 1. The highest BCUT2D eigenvalue weighted by Gasteiger charge is 2.34. The minimum atomic E-state index is 0.701. The van der Waals surface area contributed by atoms with Crippen LogP contribution in [0.3, 0.4) is 0 Å². The number of nitrogens with one attached hydrogen (secondary N) is 1. The van der Waals surface area contributed by atoms with Crippen molar-refractivity contribution in [3.05, 3.63) is 0 Å². The third kappa shape index (κ3) is 3.71. The fourth-order valence-corrected chi connectivity index (χ4v) is 4.06. The zero-order chi connectivity index (χ0) is 13.8. The molecule has 3 atom stereocenters. The van der Waals surface area contributed by atoms with Gasteiger partial charge in [-0.15, -0.1) is 0 Å². The van der Waals surface area contributed by atoms with Gasteiger partial charge in [0.15, 0.2) is 0 Å². The van der Waals surface area contributed by atoms with Crippen LogP contribution in [-0.2, 0) is 0 Å². The van der Waals surface area contributed by atoms with Crippen molar-refractivity contribution in [2.45, 2.75) is 63.6 Å². The van der Waals surface area contributed by atoms with Crippen LogP contribution in [0.1, 0.15) is 45.4 Å². The molecule has 1 saturated carbocycles. The summed E-state index contributed by atoms with van der Waals surface area (Å²) in [4.78, 5) is 5.19. The molecule has 1 saturated heterocycles. The predicted octanol–water partition coefficient (Wildman–Crippen LogP) is 2.18. The molecule has 2 rings (SSSR count). The minimum Gasteiger partial charge on any atom is -0.315 e. The smallest absolute Gasteiger partial charge is 0.0251 e. The Kier molecular flexibility index (Phi) is 5.67. The number of hydrogen-bond donors (Lipinski definition) is 1. The Bertz CT molecular complexity index is 261. The van der Waals surface area contributed by atoms with E-state index in [0.29, 0.717) is 6.04 Å². The summed E-state index contributed by atoms with van der Waals surface area (Å²) >= 11 is 0. The van der Waals surface area contributed by atoms with E-state index in [4.69, 9.17) is 0 Å². The molecule has 19 heavy (non-hydrogen) atoms. The van der Waals surface area contributed by atoms with Crippen LogP contribution in [0.25, 0.3) is 0 Å². The van der Waals surface area contributed by atoms with Gasteiger partial charge in [0.05, 0.1) is 0 Å². The van der Waals surface area contributed by atoms with Gasteiger partial charge in [-0.05, 0) is 72.3 Å². The zero-order valence-corrected chi connectivity index (χ0v) is 13.4. The lowest BCUT2D eigenvalue weighted by atomic mass is 9.79. The maximum Gasteiger partial charge on any atom is 0.0251 e. The second-order valence-corrected chi connectivity index (χ2v) is 6.75. The Labute approximate surface area is 119 Å². The van der Waals surface area contributed by atoms with Crippen molar-refractivity contribution in [2.75, 3.05) is 34.2 Å². The first-order valence-corrected chi connectivity index (χ1v) is 8.23. The van der Waals surface area contributed by atoms with E-state index in [0.717, 1.165) is 18.0 Å². The van der Waals surface area contributed by atoms with E-state index in [1.807, 2.05) is 0 Å². The normalized spacial score (nSPS) is 34.9. The molecule has 0 bridgehead atoms. The third-order valence-electron chi connectivity index (χ3n) is 5.66. The zero-order valence-electron chi connectivity index (χ0n) is 13.4. The molecule has 0 aromatic heterocycles. The van der Waals surface area contributed by atoms with Crippen molar-refractivity contribution in [1.82, 2.24) is 15.1 Å².